The molecule has 4 N–H and O–H groups in total. The molecule has 3 rings (SSSR count). The summed E-state index contributed by atoms with van der Waals surface area (Å²) < 4.78 is 21.0. The topological polar surface area (TPSA) is 152 Å². The van der Waals surface area contributed by atoms with Crippen molar-refractivity contribution in [1.82, 2.24) is 0 Å². The van der Waals surface area contributed by atoms with Crippen molar-refractivity contribution in [3.8, 4) is 17.2 Å². The van der Waals surface area contributed by atoms with Crippen LogP contribution >= 0.6 is 0 Å². The molecular weight excluding hydrogens is 544 g/mol. The van der Waals surface area contributed by atoms with Crippen molar-refractivity contribution in [3.63, 3.8) is 0 Å². The SMILES string of the molecule is CO.COCCOCCOCCOc1ccc(CC=O)cc1.O=CCc1ccc(O)cc1.OCCc1ccc(O)cc1. The molecule has 232 valence electrons. The summed E-state index contributed by atoms with van der Waals surface area (Å²) in [5.41, 5.74) is 2.95. The van der Waals surface area contributed by atoms with Gasteiger partial charge in [-0.2, -0.15) is 0 Å². The van der Waals surface area contributed by atoms with E-state index in [-0.39, 0.29) is 18.1 Å². The van der Waals surface area contributed by atoms with Crippen LogP contribution in [0.5, 0.6) is 17.2 Å². The van der Waals surface area contributed by atoms with E-state index in [1.165, 1.54) is 0 Å². The molecule has 0 fully saturated rings. The van der Waals surface area contributed by atoms with Crippen molar-refractivity contribution in [1.29, 1.82) is 0 Å². The van der Waals surface area contributed by atoms with Crippen LogP contribution in [-0.2, 0) is 43.1 Å². The van der Waals surface area contributed by atoms with Gasteiger partial charge in [-0.1, -0.05) is 36.4 Å². The molecule has 0 atom stereocenters. The van der Waals surface area contributed by atoms with Gasteiger partial charge < -0.3 is 49.0 Å². The lowest BCUT2D eigenvalue weighted by atomic mass is 10.2. The van der Waals surface area contributed by atoms with Gasteiger partial charge in [-0.05, 0) is 59.5 Å². The van der Waals surface area contributed by atoms with E-state index in [9.17, 15) is 9.59 Å². The number of aldehydes is 2. The molecule has 10 heteroatoms. The number of hydrogen-bond donors (Lipinski definition) is 4. The van der Waals surface area contributed by atoms with Gasteiger partial charge in [0.15, 0.2) is 0 Å². The largest absolute Gasteiger partial charge is 0.508 e. The molecule has 3 aromatic carbocycles. The van der Waals surface area contributed by atoms with Gasteiger partial charge in [0.1, 0.15) is 36.4 Å². The van der Waals surface area contributed by atoms with Gasteiger partial charge in [0.25, 0.3) is 0 Å². The number of phenolic OH excluding ortho intramolecular Hbond substituents is 2. The molecular formula is C32H44O10. The molecule has 0 spiro atoms. The van der Waals surface area contributed by atoms with Gasteiger partial charge in [-0.3, -0.25) is 0 Å². The van der Waals surface area contributed by atoms with E-state index >= 15 is 0 Å². The third-order valence-corrected chi connectivity index (χ3v) is 5.13. The monoisotopic (exact) mass is 588 g/mol. The van der Waals surface area contributed by atoms with Crippen LogP contribution in [0.1, 0.15) is 16.7 Å². The summed E-state index contributed by atoms with van der Waals surface area (Å²) in [4.78, 5) is 20.3. The van der Waals surface area contributed by atoms with Crippen molar-refractivity contribution < 1.29 is 49.0 Å². The number of carbonyl (C=O) groups excluding carboxylic acids is 2. The molecule has 0 bridgehead atoms. The molecule has 0 radical (unpaired) electrons. The molecule has 0 amide bonds. The number of aromatic hydroxyl groups is 2. The summed E-state index contributed by atoms with van der Waals surface area (Å²) in [6, 6.07) is 20.9. The highest BCUT2D eigenvalue weighted by Gasteiger charge is 1.96. The molecule has 42 heavy (non-hydrogen) atoms. The van der Waals surface area contributed by atoms with Crippen molar-refractivity contribution >= 4 is 12.6 Å². The fourth-order valence-corrected chi connectivity index (χ4v) is 3.02. The van der Waals surface area contributed by atoms with Gasteiger partial charge in [0, 0.05) is 33.7 Å². The number of phenols is 2. The lowest BCUT2D eigenvalue weighted by Crippen LogP contribution is -2.12. The number of carbonyl (C=O) groups is 2. The maximum atomic E-state index is 10.3. The van der Waals surface area contributed by atoms with E-state index in [0.717, 1.165) is 42.1 Å². The summed E-state index contributed by atoms with van der Waals surface area (Å²) >= 11 is 0. The Morgan fingerprint density at radius 1 is 0.595 bits per heavy atom. The van der Waals surface area contributed by atoms with E-state index in [0.29, 0.717) is 58.9 Å². The van der Waals surface area contributed by atoms with Crippen molar-refractivity contribution in [2.24, 2.45) is 0 Å². The Morgan fingerprint density at radius 3 is 1.43 bits per heavy atom. The number of aliphatic hydroxyl groups is 2. The normalized spacial score (nSPS) is 9.62. The Balaban J connectivity index is 0.000000639. The van der Waals surface area contributed by atoms with Crippen LogP contribution in [0, 0.1) is 0 Å². The lowest BCUT2D eigenvalue weighted by Gasteiger charge is -2.08. The van der Waals surface area contributed by atoms with Crippen LogP contribution in [0.25, 0.3) is 0 Å². The van der Waals surface area contributed by atoms with E-state index in [2.05, 4.69) is 0 Å². The lowest BCUT2D eigenvalue weighted by molar-refractivity contribution is -0.108. The summed E-state index contributed by atoms with van der Waals surface area (Å²) in [5.74, 6) is 1.27. The van der Waals surface area contributed by atoms with Crippen LogP contribution in [0.2, 0.25) is 0 Å². The molecule has 0 aromatic heterocycles. The van der Waals surface area contributed by atoms with Crippen LogP contribution < -0.4 is 4.74 Å². The Morgan fingerprint density at radius 2 is 1.00 bits per heavy atom. The highest BCUT2D eigenvalue weighted by atomic mass is 16.6. The second kappa shape index (κ2) is 27.4. The van der Waals surface area contributed by atoms with Crippen molar-refractivity contribution in [3.05, 3.63) is 89.5 Å². The summed E-state index contributed by atoms with van der Waals surface area (Å²) in [5, 5.41) is 33.2. The van der Waals surface area contributed by atoms with E-state index < -0.39 is 0 Å². The van der Waals surface area contributed by atoms with Gasteiger partial charge in [-0.25, -0.2) is 0 Å². The van der Waals surface area contributed by atoms with Crippen LogP contribution in [0.15, 0.2) is 72.8 Å². The first-order valence-corrected chi connectivity index (χ1v) is 13.4. The molecule has 0 saturated heterocycles. The molecule has 0 heterocycles. The van der Waals surface area contributed by atoms with Crippen LogP contribution in [-0.4, -0.2) is 93.5 Å². The van der Waals surface area contributed by atoms with Gasteiger partial charge >= 0.3 is 0 Å². The molecule has 0 saturated carbocycles. The smallest absolute Gasteiger partial charge is 0.124 e. The zero-order valence-electron chi connectivity index (χ0n) is 24.4. The summed E-state index contributed by atoms with van der Waals surface area (Å²) in [7, 11) is 2.64. The number of aliphatic hydroxyl groups excluding tert-OH is 2. The first kappa shape index (κ1) is 38.2. The highest BCUT2D eigenvalue weighted by molar-refractivity contribution is 5.55. The zero-order chi connectivity index (χ0) is 31.3. The predicted molar refractivity (Wildman–Crippen MR) is 160 cm³/mol. The average molecular weight is 589 g/mol. The Bertz CT molecular complexity index is 1020. The third kappa shape index (κ3) is 21.0. The second-order valence-corrected chi connectivity index (χ2v) is 8.26. The number of ether oxygens (including phenoxy) is 4. The maximum Gasteiger partial charge on any atom is 0.124 e. The molecule has 3 aromatic rings. The fourth-order valence-electron chi connectivity index (χ4n) is 3.02. The fraction of sp³-hybridized carbons (Fsp3) is 0.375. The van der Waals surface area contributed by atoms with Gasteiger partial charge in [0.05, 0.1) is 33.0 Å². The molecule has 0 aliphatic carbocycles. The van der Waals surface area contributed by atoms with Gasteiger partial charge in [0.2, 0.25) is 0 Å². The summed E-state index contributed by atoms with van der Waals surface area (Å²) in [6.07, 6.45) is 3.23. The Hall–Kier alpha value is -3.80. The maximum absolute atomic E-state index is 10.3. The second-order valence-electron chi connectivity index (χ2n) is 8.26. The minimum atomic E-state index is 0.158. The standard InChI is InChI=1S/C15H22O5.C8H10O2.C8H8O2.CH4O/c1-17-8-9-18-10-11-19-12-13-20-15-4-2-14(3-5-15)6-7-16;2*9-6-5-7-1-3-8(10)4-2-7;1-2/h2-5,7H,6,8-13H2,1H3;1-4,9-10H,5-6H2;1-4,6,10H,5H2;2H,1H3. The molecule has 10 nitrogen and oxygen atoms in total. The molecule has 0 aliphatic heterocycles. The number of benzene rings is 3. The van der Waals surface area contributed by atoms with Crippen LogP contribution in [0.4, 0.5) is 0 Å². The number of rotatable bonds is 16. The zero-order valence-corrected chi connectivity index (χ0v) is 24.4. The first-order chi connectivity index (χ1) is 20.5. The first-order valence-electron chi connectivity index (χ1n) is 13.4. The molecule has 0 aliphatic rings. The Labute approximate surface area is 248 Å². The molecule has 0 unspecified atom stereocenters. The number of hydrogen-bond acceptors (Lipinski definition) is 10. The summed E-state index contributed by atoms with van der Waals surface area (Å²) in [6.45, 7) is 3.46. The van der Waals surface area contributed by atoms with E-state index in [4.69, 9.17) is 39.4 Å². The minimum absolute atomic E-state index is 0.158. The number of methoxy groups -OCH3 is 1. The quantitative estimate of drug-likeness (QED) is 0.145. The minimum Gasteiger partial charge on any atom is -0.508 e. The van der Waals surface area contributed by atoms with Crippen LogP contribution in [0.3, 0.4) is 0 Å². The van der Waals surface area contributed by atoms with E-state index in [1.54, 1.807) is 55.6 Å². The van der Waals surface area contributed by atoms with Crippen molar-refractivity contribution in [2.45, 2.75) is 19.3 Å². The predicted octanol–water partition coefficient (Wildman–Crippen LogP) is 3.16. The van der Waals surface area contributed by atoms with E-state index in [1.807, 2.05) is 24.3 Å². The van der Waals surface area contributed by atoms with Crippen molar-refractivity contribution in [2.75, 3.05) is 60.5 Å². The highest BCUT2D eigenvalue weighted by Crippen LogP contribution is 2.12. The average Bonchev–Trinajstić information content (AvgIpc) is 3.01. The Kier molecular flexibility index (Phi) is 24.9. The van der Waals surface area contributed by atoms with Gasteiger partial charge in [-0.15, -0.1) is 0 Å². The third-order valence-electron chi connectivity index (χ3n) is 5.13.